The van der Waals surface area contributed by atoms with Crippen molar-refractivity contribution >= 4 is 10.1 Å². The van der Waals surface area contributed by atoms with Crippen LogP contribution >= 0.6 is 0 Å². The van der Waals surface area contributed by atoms with Crippen molar-refractivity contribution in [3.8, 4) is 0 Å². The molecule has 0 saturated carbocycles. The van der Waals surface area contributed by atoms with Crippen LogP contribution < -0.4 is 5.32 Å². The maximum Gasteiger partial charge on any atom is 0.267 e. The Morgan fingerprint density at radius 1 is 1.54 bits per heavy atom. The van der Waals surface area contributed by atoms with Gasteiger partial charge in [-0.3, -0.25) is 4.55 Å². The van der Waals surface area contributed by atoms with Crippen LogP contribution in [0.15, 0.2) is 0 Å². The Morgan fingerprint density at radius 3 is 2.62 bits per heavy atom. The largest absolute Gasteiger partial charge is 0.314 e. The number of hydrogen-bond donors (Lipinski definition) is 2. The predicted molar refractivity (Wildman–Crippen MR) is 49.1 cm³/mol. The van der Waals surface area contributed by atoms with Crippen molar-refractivity contribution < 1.29 is 17.4 Å². The highest BCUT2D eigenvalue weighted by atomic mass is 32.2. The van der Waals surface area contributed by atoms with E-state index in [1.165, 1.54) is 0 Å². The lowest BCUT2D eigenvalue weighted by Crippen LogP contribution is -2.29. The molecular weight excluding hydrogens is 197 g/mol. The van der Waals surface area contributed by atoms with Gasteiger partial charge in [-0.05, 0) is 13.0 Å². The minimum Gasteiger partial charge on any atom is -0.314 e. The van der Waals surface area contributed by atoms with Gasteiger partial charge in [0.15, 0.2) is 0 Å². The molecule has 0 aromatic rings. The van der Waals surface area contributed by atoms with E-state index in [1.54, 1.807) is 0 Å². The lowest BCUT2D eigenvalue weighted by atomic mass is 10.3. The zero-order chi connectivity index (χ0) is 10.3. The zero-order valence-corrected chi connectivity index (χ0v) is 8.48. The Balaban J connectivity index is 3.47. The van der Waals surface area contributed by atoms with Gasteiger partial charge in [0.25, 0.3) is 10.1 Å². The number of alkyl halides is 1. The first-order chi connectivity index (χ1) is 5.95. The minimum atomic E-state index is -4.18. The van der Waals surface area contributed by atoms with Crippen molar-refractivity contribution in [3.05, 3.63) is 0 Å². The van der Waals surface area contributed by atoms with Crippen molar-refractivity contribution in [2.75, 3.05) is 18.8 Å². The Bertz CT molecular complexity index is 218. The van der Waals surface area contributed by atoms with Crippen LogP contribution in [-0.4, -0.2) is 38.0 Å². The summed E-state index contributed by atoms with van der Waals surface area (Å²) in [5.41, 5.74) is 0. The molecule has 0 saturated heterocycles. The van der Waals surface area contributed by atoms with E-state index in [0.717, 1.165) is 12.8 Å². The number of unbranched alkanes of at least 4 members (excludes halogenated alkanes) is 1. The summed E-state index contributed by atoms with van der Waals surface area (Å²) < 4.78 is 41.5. The van der Waals surface area contributed by atoms with Crippen LogP contribution in [0.2, 0.25) is 0 Å². The van der Waals surface area contributed by atoms with Crippen molar-refractivity contribution in [1.82, 2.24) is 5.32 Å². The molecule has 13 heavy (non-hydrogen) atoms. The van der Waals surface area contributed by atoms with Gasteiger partial charge in [-0.25, -0.2) is 4.39 Å². The van der Waals surface area contributed by atoms with Gasteiger partial charge in [0, 0.05) is 6.54 Å². The summed E-state index contributed by atoms with van der Waals surface area (Å²) in [6, 6.07) is 0. The number of nitrogens with one attached hydrogen (secondary N) is 1. The molecular formula is C7H16FNO3S. The molecule has 0 aromatic carbocycles. The third-order valence-corrected chi connectivity index (χ3v) is 2.25. The van der Waals surface area contributed by atoms with Gasteiger partial charge in [0.05, 0.1) is 0 Å². The van der Waals surface area contributed by atoms with E-state index in [-0.39, 0.29) is 6.54 Å². The molecule has 2 N–H and O–H groups in total. The SMILES string of the molecule is CCCCNCC(F)CS(=O)(=O)O. The van der Waals surface area contributed by atoms with E-state index in [4.69, 9.17) is 4.55 Å². The molecule has 80 valence electrons. The highest BCUT2D eigenvalue weighted by molar-refractivity contribution is 7.85. The second-order valence-electron chi connectivity index (χ2n) is 2.90. The second-order valence-corrected chi connectivity index (χ2v) is 4.40. The van der Waals surface area contributed by atoms with Crippen molar-refractivity contribution in [3.63, 3.8) is 0 Å². The molecule has 0 aliphatic heterocycles. The summed E-state index contributed by atoms with van der Waals surface area (Å²) in [5.74, 6) is -0.827. The molecule has 0 aliphatic carbocycles. The van der Waals surface area contributed by atoms with Crippen molar-refractivity contribution in [2.45, 2.75) is 25.9 Å². The molecule has 6 heteroatoms. The second kappa shape index (κ2) is 6.28. The highest BCUT2D eigenvalue weighted by Crippen LogP contribution is 1.94. The number of rotatable bonds is 7. The molecule has 0 aliphatic rings. The predicted octanol–water partition coefficient (Wildman–Crippen LogP) is 0.602. The summed E-state index contributed by atoms with van der Waals surface area (Å²) in [5, 5.41) is 2.76. The summed E-state index contributed by atoms with van der Waals surface area (Å²) >= 11 is 0. The van der Waals surface area contributed by atoms with E-state index >= 15 is 0 Å². The van der Waals surface area contributed by atoms with Crippen LogP contribution in [0.1, 0.15) is 19.8 Å². The van der Waals surface area contributed by atoms with E-state index in [0.29, 0.717) is 6.54 Å². The molecule has 0 heterocycles. The standard InChI is InChI=1S/C7H16FNO3S/c1-2-3-4-9-5-7(8)6-13(10,11)12/h7,9H,2-6H2,1H3,(H,10,11,12). The number of hydrogen-bond acceptors (Lipinski definition) is 3. The molecule has 1 unspecified atom stereocenters. The molecule has 0 aromatic heterocycles. The first-order valence-corrected chi connectivity index (χ1v) is 5.86. The fourth-order valence-corrected chi connectivity index (χ4v) is 1.42. The van der Waals surface area contributed by atoms with Crippen LogP contribution in [0.4, 0.5) is 4.39 Å². The summed E-state index contributed by atoms with van der Waals surface area (Å²) in [4.78, 5) is 0. The van der Waals surface area contributed by atoms with E-state index in [1.807, 2.05) is 6.92 Å². The van der Waals surface area contributed by atoms with Crippen LogP contribution in [0, 0.1) is 0 Å². The van der Waals surface area contributed by atoms with Gasteiger partial charge in [-0.15, -0.1) is 0 Å². The van der Waals surface area contributed by atoms with Crippen LogP contribution in [0.5, 0.6) is 0 Å². The van der Waals surface area contributed by atoms with Crippen molar-refractivity contribution in [2.24, 2.45) is 0 Å². The maximum atomic E-state index is 12.7. The van der Waals surface area contributed by atoms with Gasteiger partial charge in [0.1, 0.15) is 11.9 Å². The average Bonchev–Trinajstić information content (AvgIpc) is 1.94. The molecule has 0 fully saturated rings. The Hall–Kier alpha value is -0.200. The lowest BCUT2D eigenvalue weighted by molar-refractivity contribution is 0.337. The molecule has 0 rings (SSSR count). The molecule has 0 radical (unpaired) electrons. The van der Waals surface area contributed by atoms with E-state index in [2.05, 4.69) is 5.32 Å². The summed E-state index contributed by atoms with van der Waals surface area (Å²) in [6.45, 7) is 2.65. The van der Waals surface area contributed by atoms with Gasteiger partial charge < -0.3 is 5.32 Å². The van der Waals surface area contributed by atoms with E-state index in [9.17, 15) is 12.8 Å². The normalized spacial score (nSPS) is 14.4. The Morgan fingerprint density at radius 2 is 2.15 bits per heavy atom. The van der Waals surface area contributed by atoms with Crippen molar-refractivity contribution in [1.29, 1.82) is 0 Å². The van der Waals surface area contributed by atoms with Crippen LogP contribution in [0.25, 0.3) is 0 Å². The number of halogens is 1. The topological polar surface area (TPSA) is 66.4 Å². The van der Waals surface area contributed by atoms with Gasteiger partial charge in [0.2, 0.25) is 0 Å². The van der Waals surface area contributed by atoms with Gasteiger partial charge in [-0.1, -0.05) is 13.3 Å². The monoisotopic (exact) mass is 213 g/mol. The fourth-order valence-electron chi connectivity index (χ4n) is 0.848. The van der Waals surface area contributed by atoms with Crippen LogP contribution in [-0.2, 0) is 10.1 Å². The smallest absolute Gasteiger partial charge is 0.267 e. The first-order valence-electron chi connectivity index (χ1n) is 4.25. The quantitative estimate of drug-likeness (QED) is 0.480. The molecule has 0 spiro atoms. The Kier molecular flexibility index (Phi) is 6.19. The zero-order valence-electron chi connectivity index (χ0n) is 7.66. The summed E-state index contributed by atoms with van der Waals surface area (Å²) in [7, 11) is -4.18. The fraction of sp³-hybridized carbons (Fsp3) is 1.00. The minimum absolute atomic E-state index is 0.0280. The molecule has 1 atom stereocenters. The summed E-state index contributed by atoms with van der Waals surface area (Å²) in [6.07, 6.45) is 0.396. The van der Waals surface area contributed by atoms with Gasteiger partial charge >= 0.3 is 0 Å². The average molecular weight is 213 g/mol. The Labute approximate surface area is 78.3 Å². The third-order valence-electron chi connectivity index (χ3n) is 1.46. The highest BCUT2D eigenvalue weighted by Gasteiger charge is 2.14. The first kappa shape index (κ1) is 12.8. The van der Waals surface area contributed by atoms with E-state index < -0.39 is 22.0 Å². The molecule has 4 nitrogen and oxygen atoms in total. The maximum absolute atomic E-state index is 12.7. The third kappa shape index (κ3) is 9.72. The van der Waals surface area contributed by atoms with Gasteiger partial charge in [-0.2, -0.15) is 8.42 Å². The van der Waals surface area contributed by atoms with Crippen LogP contribution in [0.3, 0.4) is 0 Å². The lowest BCUT2D eigenvalue weighted by Gasteiger charge is -2.07. The molecule has 0 bridgehead atoms. The molecule has 0 amide bonds.